The predicted molar refractivity (Wildman–Crippen MR) is 45.1 cm³/mol. The molecule has 0 saturated carbocycles. The lowest BCUT2D eigenvalue weighted by Gasteiger charge is -2.21. The Bertz CT molecular complexity index is 92.2. The molecule has 0 spiro atoms. The lowest BCUT2D eigenvalue weighted by atomic mass is 10.4. The fraction of sp³-hybridized carbons (Fsp3) is 1.00. The molecule has 10 heavy (non-hydrogen) atoms. The van der Waals surface area contributed by atoms with Crippen molar-refractivity contribution >= 4 is 11.8 Å². The smallest absolute Gasteiger partial charge is 0.108 e. The van der Waals surface area contributed by atoms with Crippen LogP contribution in [0.15, 0.2) is 0 Å². The Morgan fingerprint density at radius 3 is 2.70 bits per heavy atom. The van der Waals surface area contributed by atoms with Crippen LogP contribution in [0.5, 0.6) is 0 Å². The van der Waals surface area contributed by atoms with Crippen molar-refractivity contribution in [3.05, 3.63) is 0 Å². The summed E-state index contributed by atoms with van der Waals surface area (Å²) in [6.07, 6.45) is 2.80. The molecule has 0 aromatic heterocycles. The molecule has 3 heteroatoms. The van der Waals surface area contributed by atoms with Gasteiger partial charge in [-0.25, -0.2) is 0 Å². The highest BCUT2D eigenvalue weighted by Crippen LogP contribution is 2.21. The molecule has 1 atom stereocenters. The number of likely N-dealkylation sites (tertiary alicyclic amines) is 1. The minimum atomic E-state index is 0.655. The average molecular weight is 158 g/mol. The zero-order chi connectivity index (χ0) is 6.81. The third kappa shape index (κ3) is 1.31. The van der Waals surface area contributed by atoms with Crippen LogP contribution in [0.3, 0.4) is 0 Å². The molecule has 2 saturated heterocycles. The van der Waals surface area contributed by atoms with Gasteiger partial charge in [0.25, 0.3) is 0 Å². The fourth-order valence-electron chi connectivity index (χ4n) is 1.62. The van der Waals surface area contributed by atoms with E-state index in [2.05, 4.69) is 22.0 Å². The molecule has 0 aromatic carbocycles. The van der Waals surface area contributed by atoms with Crippen LogP contribution >= 0.6 is 11.8 Å². The first-order chi connectivity index (χ1) is 4.97. The van der Waals surface area contributed by atoms with Crippen molar-refractivity contribution in [1.82, 2.24) is 10.2 Å². The van der Waals surface area contributed by atoms with Gasteiger partial charge in [-0.05, 0) is 12.8 Å². The van der Waals surface area contributed by atoms with E-state index in [0.29, 0.717) is 5.50 Å². The van der Waals surface area contributed by atoms with Crippen LogP contribution in [0, 0.1) is 0 Å². The molecule has 2 aliphatic heterocycles. The molecule has 1 N–H and O–H groups in total. The van der Waals surface area contributed by atoms with E-state index in [-0.39, 0.29) is 0 Å². The quantitative estimate of drug-likeness (QED) is 0.605. The molecule has 0 aliphatic carbocycles. The first-order valence-electron chi connectivity index (χ1n) is 4.06. The summed E-state index contributed by atoms with van der Waals surface area (Å²) in [5, 5.41) is 3.49. The van der Waals surface area contributed by atoms with E-state index >= 15 is 0 Å². The molecule has 0 aromatic rings. The second-order valence-corrected chi connectivity index (χ2v) is 4.11. The largest absolute Gasteiger partial charge is 0.292 e. The van der Waals surface area contributed by atoms with Crippen LogP contribution in [0.4, 0.5) is 0 Å². The van der Waals surface area contributed by atoms with Gasteiger partial charge in [-0.3, -0.25) is 10.2 Å². The van der Waals surface area contributed by atoms with Gasteiger partial charge in [0.1, 0.15) is 5.50 Å². The summed E-state index contributed by atoms with van der Waals surface area (Å²) < 4.78 is 0. The summed E-state index contributed by atoms with van der Waals surface area (Å²) in [6, 6.07) is 0. The van der Waals surface area contributed by atoms with E-state index in [4.69, 9.17) is 0 Å². The molecule has 58 valence electrons. The fourth-order valence-corrected chi connectivity index (χ4v) is 2.74. The van der Waals surface area contributed by atoms with Gasteiger partial charge in [0.15, 0.2) is 0 Å². The van der Waals surface area contributed by atoms with Gasteiger partial charge in [-0.1, -0.05) is 0 Å². The molecule has 0 bridgehead atoms. The van der Waals surface area contributed by atoms with Crippen molar-refractivity contribution < 1.29 is 0 Å². The minimum absolute atomic E-state index is 0.655. The predicted octanol–water partition coefficient (Wildman–Crippen LogP) is 0.702. The van der Waals surface area contributed by atoms with Crippen molar-refractivity contribution in [3.8, 4) is 0 Å². The van der Waals surface area contributed by atoms with E-state index in [1.165, 1.54) is 38.2 Å². The average Bonchev–Trinajstić information content (AvgIpc) is 2.59. The summed E-state index contributed by atoms with van der Waals surface area (Å²) in [6.45, 7) is 3.82. The van der Waals surface area contributed by atoms with Crippen LogP contribution < -0.4 is 5.32 Å². The van der Waals surface area contributed by atoms with Crippen LogP contribution in [0.1, 0.15) is 12.8 Å². The Morgan fingerprint density at radius 1 is 1.30 bits per heavy atom. The second kappa shape index (κ2) is 3.11. The Balaban J connectivity index is 1.85. The van der Waals surface area contributed by atoms with Crippen molar-refractivity contribution in [2.24, 2.45) is 0 Å². The maximum Gasteiger partial charge on any atom is 0.108 e. The van der Waals surface area contributed by atoms with Gasteiger partial charge in [-0.2, -0.15) is 0 Å². The standard InChI is InChI=1S/C7H14N2S/c1-2-5-9(4-1)7-8-3-6-10-7/h7-8H,1-6H2. The highest BCUT2D eigenvalue weighted by Gasteiger charge is 2.24. The number of hydrogen-bond acceptors (Lipinski definition) is 3. The lowest BCUT2D eigenvalue weighted by Crippen LogP contribution is -2.37. The molecular formula is C7H14N2S. The third-order valence-corrected chi connectivity index (χ3v) is 3.39. The summed E-state index contributed by atoms with van der Waals surface area (Å²) in [5.74, 6) is 1.29. The van der Waals surface area contributed by atoms with Crippen molar-refractivity contribution in [2.45, 2.75) is 18.3 Å². The minimum Gasteiger partial charge on any atom is -0.292 e. The van der Waals surface area contributed by atoms with E-state index in [0.717, 1.165) is 0 Å². The second-order valence-electron chi connectivity index (χ2n) is 2.92. The van der Waals surface area contributed by atoms with Gasteiger partial charge in [0.2, 0.25) is 0 Å². The molecule has 2 heterocycles. The zero-order valence-corrected chi connectivity index (χ0v) is 6.99. The zero-order valence-electron chi connectivity index (χ0n) is 6.18. The summed E-state index contributed by atoms with van der Waals surface area (Å²) in [7, 11) is 0. The highest BCUT2D eigenvalue weighted by molar-refractivity contribution is 8.00. The van der Waals surface area contributed by atoms with Crippen molar-refractivity contribution in [3.63, 3.8) is 0 Å². The van der Waals surface area contributed by atoms with Crippen LogP contribution in [0.25, 0.3) is 0 Å². The normalized spacial score (nSPS) is 35.4. The van der Waals surface area contributed by atoms with Gasteiger partial charge in [0, 0.05) is 25.4 Å². The van der Waals surface area contributed by atoms with E-state index in [9.17, 15) is 0 Å². The van der Waals surface area contributed by atoms with E-state index < -0.39 is 0 Å². The van der Waals surface area contributed by atoms with Crippen LogP contribution in [-0.2, 0) is 0 Å². The van der Waals surface area contributed by atoms with Gasteiger partial charge in [-0.15, -0.1) is 11.8 Å². The van der Waals surface area contributed by atoms with Crippen LogP contribution in [-0.4, -0.2) is 35.8 Å². The van der Waals surface area contributed by atoms with Gasteiger partial charge < -0.3 is 0 Å². The molecule has 0 radical (unpaired) electrons. The van der Waals surface area contributed by atoms with Crippen molar-refractivity contribution in [2.75, 3.05) is 25.4 Å². The Labute approximate surface area is 66.4 Å². The monoisotopic (exact) mass is 158 g/mol. The van der Waals surface area contributed by atoms with E-state index in [1.807, 2.05) is 0 Å². The number of rotatable bonds is 1. The number of nitrogens with zero attached hydrogens (tertiary/aromatic N) is 1. The Morgan fingerprint density at radius 2 is 2.10 bits per heavy atom. The molecule has 2 aliphatic rings. The summed E-state index contributed by atoms with van der Waals surface area (Å²) >= 11 is 2.05. The Kier molecular flexibility index (Phi) is 2.16. The van der Waals surface area contributed by atoms with Crippen LogP contribution in [0.2, 0.25) is 0 Å². The molecule has 2 fully saturated rings. The molecule has 2 nitrogen and oxygen atoms in total. The molecule has 1 unspecified atom stereocenters. The number of nitrogens with one attached hydrogen (secondary N) is 1. The van der Waals surface area contributed by atoms with Gasteiger partial charge >= 0.3 is 0 Å². The topological polar surface area (TPSA) is 15.3 Å². The summed E-state index contributed by atoms with van der Waals surface area (Å²) in [5.41, 5.74) is 0.655. The SMILES string of the molecule is C1CCN(C2NCCS2)C1. The Hall–Kier alpha value is 0.270. The number of hydrogen-bond donors (Lipinski definition) is 1. The summed E-state index contributed by atoms with van der Waals surface area (Å²) in [4.78, 5) is 2.55. The first-order valence-corrected chi connectivity index (χ1v) is 5.11. The molecule has 0 amide bonds. The highest BCUT2D eigenvalue weighted by atomic mass is 32.2. The van der Waals surface area contributed by atoms with Gasteiger partial charge in [0.05, 0.1) is 0 Å². The molecule has 2 rings (SSSR count). The first kappa shape index (κ1) is 6.95. The maximum atomic E-state index is 3.49. The molecular weight excluding hydrogens is 144 g/mol. The third-order valence-electron chi connectivity index (χ3n) is 2.17. The van der Waals surface area contributed by atoms with E-state index in [1.54, 1.807) is 0 Å². The number of thioether (sulfide) groups is 1. The van der Waals surface area contributed by atoms with Crippen molar-refractivity contribution in [1.29, 1.82) is 0 Å². The lowest BCUT2D eigenvalue weighted by molar-refractivity contribution is 0.291. The maximum absolute atomic E-state index is 3.49.